The molecule has 1 fully saturated rings. The van der Waals surface area contributed by atoms with Crippen LogP contribution in [0.3, 0.4) is 0 Å². The Labute approximate surface area is 98.3 Å². The van der Waals surface area contributed by atoms with Crippen molar-refractivity contribution in [2.24, 2.45) is 5.73 Å². The zero-order chi connectivity index (χ0) is 11.8. The number of hydrogen-bond acceptors (Lipinski definition) is 3. The molecule has 0 amide bonds. The van der Waals surface area contributed by atoms with E-state index in [1.807, 2.05) is 0 Å². The van der Waals surface area contributed by atoms with Crippen LogP contribution in [0, 0.1) is 5.82 Å². The van der Waals surface area contributed by atoms with E-state index in [2.05, 4.69) is 14.8 Å². The highest BCUT2D eigenvalue weighted by Gasteiger charge is 2.29. The highest BCUT2D eigenvalue weighted by Crippen LogP contribution is 2.38. The second-order valence-electron chi connectivity index (χ2n) is 4.25. The molecule has 0 radical (unpaired) electrons. The molecule has 1 aromatic carbocycles. The Morgan fingerprint density at radius 2 is 1.94 bits per heavy atom. The lowest BCUT2D eigenvalue weighted by Crippen LogP contribution is -2.08. The van der Waals surface area contributed by atoms with Crippen LogP contribution in [-0.4, -0.2) is 14.8 Å². The zero-order valence-corrected chi connectivity index (χ0v) is 9.31. The summed E-state index contributed by atoms with van der Waals surface area (Å²) in [4.78, 5) is 0. The molecule has 1 aliphatic carbocycles. The van der Waals surface area contributed by atoms with Crippen molar-refractivity contribution >= 4 is 0 Å². The SMILES string of the molecule is NCc1nnc(-c2ccc(F)cc2)n1C1CC1. The predicted molar refractivity (Wildman–Crippen MR) is 61.6 cm³/mol. The van der Waals surface area contributed by atoms with Crippen LogP contribution in [0.2, 0.25) is 0 Å². The molecule has 0 aliphatic heterocycles. The maximum atomic E-state index is 12.9. The van der Waals surface area contributed by atoms with Gasteiger partial charge in [-0.1, -0.05) is 0 Å². The van der Waals surface area contributed by atoms with E-state index in [4.69, 9.17) is 5.73 Å². The highest BCUT2D eigenvalue weighted by atomic mass is 19.1. The summed E-state index contributed by atoms with van der Waals surface area (Å²) in [5, 5.41) is 8.25. The topological polar surface area (TPSA) is 56.7 Å². The van der Waals surface area contributed by atoms with Gasteiger partial charge in [-0.25, -0.2) is 4.39 Å². The fourth-order valence-corrected chi connectivity index (χ4v) is 1.98. The third-order valence-electron chi connectivity index (χ3n) is 2.96. The molecule has 3 rings (SSSR count). The summed E-state index contributed by atoms with van der Waals surface area (Å²) >= 11 is 0. The standard InChI is InChI=1S/C12H13FN4/c13-9-3-1-8(2-4-9)12-16-15-11(7-14)17(12)10-5-6-10/h1-4,10H,5-7,14H2. The van der Waals surface area contributed by atoms with Crippen molar-refractivity contribution in [1.82, 2.24) is 14.8 Å². The maximum absolute atomic E-state index is 12.9. The number of aromatic nitrogens is 3. The number of benzene rings is 1. The molecular formula is C12H13FN4. The maximum Gasteiger partial charge on any atom is 0.164 e. The summed E-state index contributed by atoms with van der Waals surface area (Å²) in [5.74, 6) is 1.34. The Hall–Kier alpha value is -1.75. The van der Waals surface area contributed by atoms with E-state index >= 15 is 0 Å². The fraction of sp³-hybridized carbons (Fsp3) is 0.333. The lowest BCUT2D eigenvalue weighted by Gasteiger charge is -2.07. The van der Waals surface area contributed by atoms with Gasteiger partial charge < -0.3 is 10.3 Å². The van der Waals surface area contributed by atoms with E-state index in [0.717, 1.165) is 30.1 Å². The summed E-state index contributed by atoms with van der Waals surface area (Å²) in [6.07, 6.45) is 2.28. The van der Waals surface area contributed by atoms with Gasteiger partial charge in [-0.15, -0.1) is 10.2 Å². The van der Waals surface area contributed by atoms with E-state index in [1.54, 1.807) is 12.1 Å². The van der Waals surface area contributed by atoms with Gasteiger partial charge in [-0.05, 0) is 37.1 Å². The van der Waals surface area contributed by atoms with Crippen LogP contribution in [0.25, 0.3) is 11.4 Å². The molecule has 5 heteroatoms. The first-order valence-electron chi connectivity index (χ1n) is 5.69. The molecule has 2 N–H and O–H groups in total. The van der Waals surface area contributed by atoms with Crippen LogP contribution in [0.1, 0.15) is 24.7 Å². The van der Waals surface area contributed by atoms with Crippen LogP contribution >= 0.6 is 0 Å². The molecule has 0 bridgehead atoms. The van der Waals surface area contributed by atoms with Crippen molar-refractivity contribution in [3.63, 3.8) is 0 Å². The van der Waals surface area contributed by atoms with E-state index in [-0.39, 0.29) is 5.82 Å². The average Bonchev–Trinajstić information content (AvgIpc) is 3.10. The van der Waals surface area contributed by atoms with Gasteiger partial charge in [-0.3, -0.25) is 0 Å². The van der Waals surface area contributed by atoms with Crippen LogP contribution in [0.15, 0.2) is 24.3 Å². The van der Waals surface area contributed by atoms with Crippen LogP contribution in [0.5, 0.6) is 0 Å². The Kier molecular flexibility index (Phi) is 2.40. The first kappa shape index (κ1) is 10.4. The minimum Gasteiger partial charge on any atom is -0.324 e. The molecule has 0 spiro atoms. The fourth-order valence-electron chi connectivity index (χ4n) is 1.98. The van der Waals surface area contributed by atoms with E-state index in [1.165, 1.54) is 12.1 Å². The quantitative estimate of drug-likeness (QED) is 0.879. The molecular weight excluding hydrogens is 219 g/mol. The molecule has 88 valence electrons. The number of rotatable bonds is 3. The number of nitrogens with two attached hydrogens (primary N) is 1. The van der Waals surface area contributed by atoms with Gasteiger partial charge >= 0.3 is 0 Å². The van der Waals surface area contributed by atoms with Crippen molar-refractivity contribution in [1.29, 1.82) is 0 Å². The van der Waals surface area contributed by atoms with Gasteiger partial charge in [0.2, 0.25) is 0 Å². The van der Waals surface area contributed by atoms with Gasteiger partial charge in [0.25, 0.3) is 0 Å². The lowest BCUT2D eigenvalue weighted by molar-refractivity contribution is 0.627. The molecule has 1 aliphatic rings. The average molecular weight is 232 g/mol. The summed E-state index contributed by atoms with van der Waals surface area (Å²) in [6.45, 7) is 0.380. The number of halogens is 1. The Bertz CT molecular complexity index is 528. The molecule has 17 heavy (non-hydrogen) atoms. The first-order valence-corrected chi connectivity index (χ1v) is 5.69. The third kappa shape index (κ3) is 1.82. The van der Waals surface area contributed by atoms with Gasteiger partial charge in [0, 0.05) is 11.6 Å². The van der Waals surface area contributed by atoms with Gasteiger partial charge in [-0.2, -0.15) is 0 Å². The Balaban J connectivity index is 2.07. The molecule has 2 aromatic rings. The highest BCUT2D eigenvalue weighted by molar-refractivity contribution is 5.55. The molecule has 1 heterocycles. The predicted octanol–water partition coefficient (Wildman–Crippen LogP) is 1.88. The van der Waals surface area contributed by atoms with Crippen LogP contribution in [0.4, 0.5) is 4.39 Å². The van der Waals surface area contributed by atoms with E-state index in [9.17, 15) is 4.39 Å². The Morgan fingerprint density at radius 3 is 2.53 bits per heavy atom. The van der Waals surface area contributed by atoms with Gasteiger partial charge in [0.1, 0.15) is 11.6 Å². The van der Waals surface area contributed by atoms with Gasteiger partial charge in [0.05, 0.1) is 6.54 Å². The summed E-state index contributed by atoms with van der Waals surface area (Å²) in [7, 11) is 0. The monoisotopic (exact) mass is 232 g/mol. The first-order chi connectivity index (χ1) is 8.29. The summed E-state index contributed by atoms with van der Waals surface area (Å²) in [5.41, 5.74) is 6.53. The molecule has 0 unspecified atom stereocenters. The molecule has 1 saturated carbocycles. The number of nitrogens with zero attached hydrogens (tertiary/aromatic N) is 3. The van der Waals surface area contributed by atoms with Crippen molar-refractivity contribution < 1.29 is 4.39 Å². The third-order valence-corrected chi connectivity index (χ3v) is 2.96. The van der Waals surface area contributed by atoms with Crippen molar-refractivity contribution in [3.8, 4) is 11.4 Å². The second kappa shape index (κ2) is 3.92. The normalized spacial score (nSPS) is 15.2. The van der Waals surface area contributed by atoms with E-state index < -0.39 is 0 Å². The molecule has 4 nitrogen and oxygen atoms in total. The largest absolute Gasteiger partial charge is 0.324 e. The van der Waals surface area contributed by atoms with Crippen LogP contribution in [-0.2, 0) is 6.54 Å². The van der Waals surface area contributed by atoms with Crippen molar-refractivity contribution in [2.45, 2.75) is 25.4 Å². The molecule has 0 saturated heterocycles. The minimum atomic E-state index is -0.245. The second-order valence-corrected chi connectivity index (χ2v) is 4.25. The Morgan fingerprint density at radius 1 is 1.24 bits per heavy atom. The summed E-state index contributed by atoms with van der Waals surface area (Å²) in [6, 6.07) is 6.77. The lowest BCUT2D eigenvalue weighted by atomic mass is 10.2. The van der Waals surface area contributed by atoms with Crippen molar-refractivity contribution in [2.75, 3.05) is 0 Å². The van der Waals surface area contributed by atoms with Crippen molar-refractivity contribution in [3.05, 3.63) is 35.9 Å². The zero-order valence-electron chi connectivity index (χ0n) is 9.31. The molecule has 1 aromatic heterocycles. The van der Waals surface area contributed by atoms with Gasteiger partial charge in [0.15, 0.2) is 5.82 Å². The van der Waals surface area contributed by atoms with Crippen LogP contribution < -0.4 is 5.73 Å². The number of hydrogen-bond donors (Lipinski definition) is 1. The minimum absolute atomic E-state index is 0.245. The molecule has 0 atom stereocenters. The smallest absolute Gasteiger partial charge is 0.164 e. The van der Waals surface area contributed by atoms with E-state index in [0.29, 0.717) is 12.6 Å². The summed E-state index contributed by atoms with van der Waals surface area (Å²) < 4.78 is 15.0.